The monoisotopic (exact) mass is 217 g/mol. The van der Waals surface area contributed by atoms with Crippen molar-refractivity contribution in [2.75, 3.05) is 18.0 Å². The van der Waals surface area contributed by atoms with Gasteiger partial charge in [-0.25, -0.2) is 4.98 Å². The molecular formula is C7H11N3OS2. The topological polar surface area (TPSA) is 68.0 Å². The van der Waals surface area contributed by atoms with E-state index in [1.54, 1.807) is 6.20 Å². The van der Waals surface area contributed by atoms with Gasteiger partial charge in [-0.2, -0.15) is 0 Å². The quantitative estimate of drug-likeness (QED) is 0.737. The van der Waals surface area contributed by atoms with Crippen LogP contribution in [0.2, 0.25) is 0 Å². The fourth-order valence-electron chi connectivity index (χ4n) is 0.724. The smallest absolute Gasteiger partial charge is 0.230 e. The van der Waals surface area contributed by atoms with Crippen LogP contribution in [0.5, 0.6) is 0 Å². The summed E-state index contributed by atoms with van der Waals surface area (Å²) in [6.07, 6.45) is 1.68. The normalized spacial score (nSPS) is 9.92. The van der Waals surface area contributed by atoms with Gasteiger partial charge in [0.05, 0.1) is 16.2 Å². The van der Waals surface area contributed by atoms with E-state index in [1.807, 2.05) is 6.92 Å². The van der Waals surface area contributed by atoms with E-state index in [0.717, 1.165) is 4.21 Å². The number of hydrogen-bond donors (Lipinski definition) is 2. The Labute approximate surface area is 84.9 Å². The molecule has 0 saturated carbocycles. The van der Waals surface area contributed by atoms with Gasteiger partial charge in [0.2, 0.25) is 5.91 Å². The molecule has 72 valence electrons. The molecule has 0 bridgehead atoms. The van der Waals surface area contributed by atoms with Gasteiger partial charge in [-0.1, -0.05) is 11.3 Å². The number of nitrogens with one attached hydrogen (secondary N) is 1. The maximum Gasteiger partial charge on any atom is 0.230 e. The Morgan fingerprint density at radius 1 is 1.85 bits per heavy atom. The van der Waals surface area contributed by atoms with Crippen LogP contribution < -0.4 is 11.1 Å². The standard InChI is InChI=1S/C7H11N3OS2/c1-2-9-5(11)4-12-6-3-10-7(8)13-6/h3H,2,4H2,1H3,(H2,8,10)(H,9,11). The van der Waals surface area contributed by atoms with Crippen molar-refractivity contribution < 1.29 is 4.79 Å². The summed E-state index contributed by atoms with van der Waals surface area (Å²) in [5, 5.41) is 3.26. The third-order valence-corrected chi connectivity index (χ3v) is 3.24. The summed E-state index contributed by atoms with van der Waals surface area (Å²) in [7, 11) is 0. The number of carbonyl (C=O) groups excluding carboxylic acids is 1. The minimum Gasteiger partial charge on any atom is -0.375 e. The Bertz CT molecular complexity index is 287. The van der Waals surface area contributed by atoms with Gasteiger partial charge in [-0.3, -0.25) is 4.79 Å². The van der Waals surface area contributed by atoms with Gasteiger partial charge >= 0.3 is 0 Å². The van der Waals surface area contributed by atoms with Crippen LogP contribution in [0.4, 0.5) is 5.13 Å². The highest BCUT2D eigenvalue weighted by Gasteiger charge is 2.03. The lowest BCUT2D eigenvalue weighted by Crippen LogP contribution is -2.24. The lowest BCUT2D eigenvalue weighted by atomic mass is 10.6. The Kier molecular flexibility index (Phi) is 4.04. The Morgan fingerprint density at radius 3 is 3.15 bits per heavy atom. The van der Waals surface area contributed by atoms with Gasteiger partial charge < -0.3 is 11.1 Å². The Morgan fingerprint density at radius 2 is 2.62 bits per heavy atom. The average Bonchev–Trinajstić information content (AvgIpc) is 2.49. The number of amides is 1. The molecule has 0 aliphatic rings. The third kappa shape index (κ3) is 3.65. The molecule has 3 N–H and O–H groups in total. The van der Waals surface area contributed by atoms with Gasteiger partial charge in [0.25, 0.3) is 0 Å². The predicted octanol–water partition coefficient (Wildman–Crippen LogP) is 0.954. The van der Waals surface area contributed by atoms with Crippen LogP contribution in [-0.2, 0) is 4.79 Å². The molecule has 0 atom stereocenters. The van der Waals surface area contributed by atoms with Gasteiger partial charge in [0.1, 0.15) is 0 Å². The van der Waals surface area contributed by atoms with Crippen molar-refractivity contribution in [1.82, 2.24) is 10.3 Å². The molecule has 0 aromatic carbocycles. The number of nitrogens with two attached hydrogens (primary N) is 1. The van der Waals surface area contributed by atoms with Crippen LogP contribution in [0.25, 0.3) is 0 Å². The van der Waals surface area contributed by atoms with Gasteiger partial charge in [-0.05, 0) is 6.92 Å². The van der Waals surface area contributed by atoms with E-state index >= 15 is 0 Å². The maximum atomic E-state index is 11.0. The molecule has 0 unspecified atom stereocenters. The van der Waals surface area contributed by atoms with Gasteiger partial charge in [0.15, 0.2) is 5.13 Å². The number of rotatable bonds is 4. The van der Waals surface area contributed by atoms with Crippen LogP contribution in [0.1, 0.15) is 6.92 Å². The van der Waals surface area contributed by atoms with Crippen LogP contribution in [0, 0.1) is 0 Å². The van der Waals surface area contributed by atoms with E-state index in [1.165, 1.54) is 23.1 Å². The van der Waals surface area contributed by atoms with Crippen molar-refractivity contribution in [2.45, 2.75) is 11.1 Å². The highest BCUT2D eigenvalue weighted by molar-refractivity contribution is 8.01. The van der Waals surface area contributed by atoms with E-state index in [2.05, 4.69) is 10.3 Å². The molecule has 0 fully saturated rings. The number of anilines is 1. The number of carbonyl (C=O) groups is 1. The summed E-state index contributed by atoms with van der Waals surface area (Å²) in [6.45, 7) is 2.57. The second kappa shape index (κ2) is 5.08. The summed E-state index contributed by atoms with van der Waals surface area (Å²) in [5.74, 6) is 0.467. The number of aromatic nitrogens is 1. The second-order valence-corrected chi connectivity index (χ2v) is 4.60. The lowest BCUT2D eigenvalue weighted by molar-refractivity contribution is -0.118. The van der Waals surface area contributed by atoms with E-state index in [9.17, 15) is 4.79 Å². The molecular weight excluding hydrogens is 206 g/mol. The van der Waals surface area contributed by atoms with E-state index in [4.69, 9.17) is 5.73 Å². The molecule has 1 aromatic rings. The van der Waals surface area contributed by atoms with Crippen molar-refractivity contribution in [3.63, 3.8) is 0 Å². The first kappa shape index (κ1) is 10.3. The molecule has 0 aliphatic carbocycles. The number of hydrogen-bond acceptors (Lipinski definition) is 5. The second-order valence-electron chi connectivity index (χ2n) is 2.26. The molecule has 6 heteroatoms. The first-order valence-corrected chi connectivity index (χ1v) is 5.63. The van der Waals surface area contributed by atoms with Gasteiger partial charge in [0, 0.05) is 6.54 Å². The Balaban J connectivity index is 2.30. The molecule has 1 aromatic heterocycles. The number of nitrogen functional groups attached to an aromatic ring is 1. The van der Waals surface area contributed by atoms with Crippen molar-refractivity contribution in [3.8, 4) is 0 Å². The maximum absolute atomic E-state index is 11.0. The molecule has 0 radical (unpaired) electrons. The van der Waals surface area contributed by atoms with Crippen LogP contribution in [0.15, 0.2) is 10.4 Å². The summed E-state index contributed by atoms with van der Waals surface area (Å²) < 4.78 is 0.976. The molecule has 1 amide bonds. The van der Waals surface area contributed by atoms with Crippen molar-refractivity contribution in [3.05, 3.63) is 6.20 Å². The van der Waals surface area contributed by atoms with E-state index in [0.29, 0.717) is 17.4 Å². The molecule has 0 spiro atoms. The third-order valence-electron chi connectivity index (χ3n) is 1.22. The van der Waals surface area contributed by atoms with Crippen molar-refractivity contribution in [1.29, 1.82) is 0 Å². The number of thioether (sulfide) groups is 1. The zero-order valence-electron chi connectivity index (χ0n) is 7.24. The van der Waals surface area contributed by atoms with Crippen LogP contribution >= 0.6 is 23.1 Å². The van der Waals surface area contributed by atoms with Gasteiger partial charge in [-0.15, -0.1) is 11.8 Å². The van der Waals surface area contributed by atoms with E-state index < -0.39 is 0 Å². The first-order valence-electron chi connectivity index (χ1n) is 3.83. The van der Waals surface area contributed by atoms with E-state index in [-0.39, 0.29) is 5.91 Å². The summed E-state index contributed by atoms with van der Waals surface area (Å²) >= 11 is 2.85. The zero-order chi connectivity index (χ0) is 9.68. The molecule has 1 rings (SSSR count). The number of nitrogens with zero attached hydrogens (tertiary/aromatic N) is 1. The van der Waals surface area contributed by atoms with Crippen LogP contribution in [0.3, 0.4) is 0 Å². The summed E-state index contributed by atoms with van der Waals surface area (Å²) in [6, 6.07) is 0. The fourth-order valence-corrected chi connectivity index (χ4v) is 2.31. The fraction of sp³-hybridized carbons (Fsp3) is 0.429. The minimum atomic E-state index is 0.0412. The predicted molar refractivity (Wildman–Crippen MR) is 55.9 cm³/mol. The lowest BCUT2D eigenvalue weighted by Gasteiger charge is -1.98. The number of thiazole rings is 1. The molecule has 1 heterocycles. The minimum absolute atomic E-state index is 0.0412. The zero-order valence-corrected chi connectivity index (χ0v) is 8.87. The van der Waals surface area contributed by atoms with Crippen LogP contribution in [-0.4, -0.2) is 23.2 Å². The highest BCUT2D eigenvalue weighted by atomic mass is 32.2. The van der Waals surface area contributed by atoms with Crippen molar-refractivity contribution >= 4 is 34.1 Å². The first-order chi connectivity index (χ1) is 6.22. The molecule has 13 heavy (non-hydrogen) atoms. The summed E-state index contributed by atoms with van der Waals surface area (Å²) in [5.41, 5.74) is 5.44. The SMILES string of the molecule is CCNC(=O)CSc1cnc(N)s1. The summed E-state index contributed by atoms with van der Waals surface area (Å²) in [4.78, 5) is 14.9. The molecule has 0 aliphatic heterocycles. The Hall–Kier alpha value is -0.750. The molecule has 0 saturated heterocycles. The average molecular weight is 217 g/mol. The van der Waals surface area contributed by atoms with Crippen molar-refractivity contribution in [2.24, 2.45) is 0 Å². The largest absolute Gasteiger partial charge is 0.375 e. The molecule has 4 nitrogen and oxygen atoms in total. The highest BCUT2D eigenvalue weighted by Crippen LogP contribution is 2.25.